The van der Waals surface area contributed by atoms with Crippen molar-refractivity contribution in [3.8, 4) is 5.75 Å². The fourth-order valence-electron chi connectivity index (χ4n) is 3.69. The zero-order valence-electron chi connectivity index (χ0n) is 13.4. The number of carbonyl (C=O) groups is 1. The van der Waals surface area contributed by atoms with E-state index < -0.39 is 6.17 Å². The lowest BCUT2D eigenvalue weighted by atomic mass is 9.93. The number of aromatic hydroxyl groups is 1. The van der Waals surface area contributed by atoms with Crippen LogP contribution in [0.4, 0.5) is 5.00 Å². The first-order chi connectivity index (χ1) is 11.7. The summed E-state index contributed by atoms with van der Waals surface area (Å²) in [4.78, 5) is 14.1. The number of nitrogens with one attached hydrogen (secondary N) is 2. The Morgan fingerprint density at radius 3 is 2.96 bits per heavy atom. The molecule has 1 aromatic carbocycles. The van der Waals surface area contributed by atoms with Crippen molar-refractivity contribution in [1.29, 1.82) is 0 Å². The van der Waals surface area contributed by atoms with E-state index in [9.17, 15) is 9.90 Å². The number of hydrogen-bond acceptors (Lipinski definition) is 4. The third-order valence-corrected chi connectivity index (χ3v) is 6.00. The third-order valence-electron chi connectivity index (χ3n) is 4.78. The van der Waals surface area contributed by atoms with Crippen LogP contribution in [-0.4, -0.2) is 11.0 Å². The van der Waals surface area contributed by atoms with E-state index in [-0.39, 0.29) is 11.7 Å². The second-order valence-electron chi connectivity index (χ2n) is 6.31. The molecule has 4 rings (SSSR count). The predicted octanol–water partition coefficient (Wildman–Crippen LogP) is 3.92. The van der Waals surface area contributed by atoms with Crippen LogP contribution >= 0.6 is 11.3 Å². The van der Waals surface area contributed by atoms with Gasteiger partial charge in [0.25, 0.3) is 5.91 Å². The van der Waals surface area contributed by atoms with Crippen molar-refractivity contribution in [3.05, 3.63) is 58.0 Å². The molecule has 2 heterocycles. The lowest BCUT2D eigenvalue weighted by Crippen LogP contribution is -2.38. The van der Waals surface area contributed by atoms with Crippen LogP contribution < -0.4 is 10.6 Å². The lowest BCUT2D eigenvalue weighted by Gasteiger charge is -2.28. The van der Waals surface area contributed by atoms with Gasteiger partial charge in [0, 0.05) is 10.4 Å². The zero-order chi connectivity index (χ0) is 16.7. The number of carbonyl (C=O) groups excluding carboxylic acids is 1. The molecule has 0 saturated carbocycles. The van der Waals surface area contributed by atoms with Gasteiger partial charge in [-0.15, -0.1) is 17.9 Å². The van der Waals surface area contributed by atoms with Crippen molar-refractivity contribution in [3.63, 3.8) is 0 Å². The quantitative estimate of drug-likeness (QED) is 0.742. The molecule has 1 atom stereocenters. The summed E-state index contributed by atoms with van der Waals surface area (Å²) in [6.45, 7) is 3.78. The monoisotopic (exact) mass is 340 g/mol. The molecule has 3 N–H and O–H groups in total. The Hall–Kier alpha value is -2.27. The van der Waals surface area contributed by atoms with Gasteiger partial charge in [0.2, 0.25) is 0 Å². The van der Waals surface area contributed by atoms with Gasteiger partial charge in [-0.3, -0.25) is 4.79 Å². The molecule has 0 fully saturated rings. The average Bonchev–Trinajstić information content (AvgIpc) is 2.94. The molecule has 4 nitrogen and oxygen atoms in total. The predicted molar refractivity (Wildman–Crippen MR) is 96.8 cm³/mol. The number of phenolic OH excluding ortho intramolecular Hbond substituents is 1. The first-order valence-corrected chi connectivity index (χ1v) is 9.14. The molecule has 1 aromatic heterocycles. The average molecular weight is 340 g/mol. The van der Waals surface area contributed by atoms with Crippen LogP contribution in [0, 0.1) is 0 Å². The molecule has 0 radical (unpaired) electrons. The summed E-state index contributed by atoms with van der Waals surface area (Å²) in [5, 5.41) is 17.7. The molecular formula is C19H20N2O2S. The van der Waals surface area contributed by atoms with Crippen LogP contribution in [0.5, 0.6) is 5.75 Å². The van der Waals surface area contributed by atoms with Crippen LogP contribution in [0.25, 0.3) is 0 Å². The molecule has 2 aromatic rings. The van der Waals surface area contributed by atoms with Crippen LogP contribution in [0.2, 0.25) is 0 Å². The molecular weight excluding hydrogens is 320 g/mol. The summed E-state index contributed by atoms with van der Waals surface area (Å²) < 4.78 is 0. The summed E-state index contributed by atoms with van der Waals surface area (Å²) in [5.74, 6) is 0.151. The maximum Gasteiger partial charge on any atom is 0.256 e. The largest absolute Gasteiger partial charge is 0.508 e. The van der Waals surface area contributed by atoms with Gasteiger partial charge in [-0.1, -0.05) is 18.2 Å². The number of benzene rings is 1. The van der Waals surface area contributed by atoms with Gasteiger partial charge < -0.3 is 15.7 Å². The highest BCUT2D eigenvalue weighted by atomic mass is 32.1. The third kappa shape index (κ3) is 2.40. The smallest absolute Gasteiger partial charge is 0.256 e. The number of hydrogen-bond donors (Lipinski definition) is 3. The van der Waals surface area contributed by atoms with Crippen molar-refractivity contribution in [2.24, 2.45) is 0 Å². The minimum atomic E-state index is -0.416. The van der Waals surface area contributed by atoms with Gasteiger partial charge in [-0.25, -0.2) is 0 Å². The number of fused-ring (bicyclic) bond motifs is 3. The first kappa shape index (κ1) is 15.3. The van der Waals surface area contributed by atoms with Crippen molar-refractivity contribution in [1.82, 2.24) is 5.32 Å². The van der Waals surface area contributed by atoms with Crippen LogP contribution in [0.3, 0.4) is 0 Å². The number of rotatable bonds is 3. The number of thiophene rings is 1. The van der Waals surface area contributed by atoms with E-state index in [1.807, 2.05) is 12.1 Å². The Bertz CT molecular complexity index is 825. The summed E-state index contributed by atoms with van der Waals surface area (Å²) >= 11 is 1.69. The van der Waals surface area contributed by atoms with Crippen LogP contribution in [-0.2, 0) is 19.3 Å². The standard InChI is InChI=1S/C19H20N2O2S/c1-2-6-11-7-5-9-13(22)15(11)17-20-18(23)16-12-8-3-4-10-14(12)24-19(16)21-17/h2,5,7,9,17,21-22H,1,3-4,6,8,10H2,(H,20,23)/t17-/m1/s1. The highest BCUT2D eigenvalue weighted by molar-refractivity contribution is 7.16. The second kappa shape index (κ2) is 5.98. The highest BCUT2D eigenvalue weighted by Gasteiger charge is 2.33. The topological polar surface area (TPSA) is 61.4 Å². The summed E-state index contributed by atoms with van der Waals surface area (Å²) in [6, 6.07) is 5.43. The summed E-state index contributed by atoms with van der Waals surface area (Å²) in [6.07, 6.45) is 6.42. The van der Waals surface area contributed by atoms with Crippen molar-refractivity contribution >= 4 is 22.2 Å². The van der Waals surface area contributed by atoms with Crippen molar-refractivity contribution < 1.29 is 9.90 Å². The fourth-order valence-corrected chi connectivity index (χ4v) is 5.00. The maximum absolute atomic E-state index is 12.7. The minimum absolute atomic E-state index is 0.0408. The van der Waals surface area contributed by atoms with E-state index in [0.29, 0.717) is 6.42 Å². The highest BCUT2D eigenvalue weighted by Crippen LogP contribution is 2.42. The molecule has 1 aliphatic carbocycles. The molecule has 124 valence electrons. The zero-order valence-corrected chi connectivity index (χ0v) is 14.2. The fraction of sp³-hybridized carbons (Fsp3) is 0.316. The van der Waals surface area contributed by atoms with Gasteiger partial charge in [-0.2, -0.15) is 0 Å². The Balaban J connectivity index is 1.75. The van der Waals surface area contributed by atoms with Crippen molar-refractivity contribution in [2.75, 3.05) is 5.32 Å². The van der Waals surface area contributed by atoms with E-state index >= 15 is 0 Å². The molecule has 0 unspecified atom stereocenters. The summed E-state index contributed by atoms with van der Waals surface area (Å²) in [7, 11) is 0. The number of allylic oxidation sites excluding steroid dienone is 1. The molecule has 24 heavy (non-hydrogen) atoms. The van der Waals surface area contributed by atoms with Gasteiger partial charge in [0.15, 0.2) is 0 Å². The van der Waals surface area contributed by atoms with Crippen LogP contribution in [0.1, 0.15) is 50.9 Å². The maximum atomic E-state index is 12.7. The molecule has 0 saturated heterocycles. The first-order valence-electron chi connectivity index (χ1n) is 8.32. The molecule has 1 aliphatic heterocycles. The molecule has 0 bridgehead atoms. The number of anilines is 1. The van der Waals surface area contributed by atoms with E-state index in [4.69, 9.17) is 0 Å². The van der Waals surface area contributed by atoms with Gasteiger partial charge in [-0.05, 0) is 49.3 Å². The van der Waals surface area contributed by atoms with E-state index in [2.05, 4.69) is 17.2 Å². The minimum Gasteiger partial charge on any atom is -0.508 e. The van der Waals surface area contributed by atoms with E-state index in [1.54, 1.807) is 23.5 Å². The van der Waals surface area contributed by atoms with E-state index in [0.717, 1.165) is 41.0 Å². The Morgan fingerprint density at radius 1 is 1.29 bits per heavy atom. The molecule has 2 aliphatic rings. The van der Waals surface area contributed by atoms with Gasteiger partial charge >= 0.3 is 0 Å². The second-order valence-corrected chi connectivity index (χ2v) is 7.41. The van der Waals surface area contributed by atoms with E-state index in [1.165, 1.54) is 16.9 Å². The molecule has 1 amide bonds. The van der Waals surface area contributed by atoms with Crippen molar-refractivity contribution in [2.45, 2.75) is 38.3 Å². The summed E-state index contributed by atoms with van der Waals surface area (Å²) in [5.41, 5.74) is 3.72. The Labute approximate surface area is 145 Å². The SMILES string of the molecule is C=CCc1cccc(O)c1[C@@H]1NC(=O)c2c(sc3c2CCCC3)N1. The number of phenols is 1. The van der Waals surface area contributed by atoms with Gasteiger partial charge in [0.1, 0.15) is 16.9 Å². The van der Waals surface area contributed by atoms with Gasteiger partial charge in [0.05, 0.1) is 5.56 Å². The van der Waals surface area contributed by atoms with Crippen LogP contribution in [0.15, 0.2) is 30.9 Å². The molecule has 0 spiro atoms. The Morgan fingerprint density at radius 2 is 2.12 bits per heavy atom. The molecule has 5 heteroatoms. The lowest BCUT2D eigenvalue weighted by molar-refractivity contribution is 0.0935. The normalized spacial score (nSPS) is 19.0. The number of amides is 1. The Kier molecular flexibility index (Phi) is 3.81. The number of aryl methyl sites for hydroxylation is 1.